The summed E-state index contributed by atoms with van der Waals surface area (Å²) in [5.41, 5.74) is 4.30. The van der Waals surface area contributed by atoms with Gasteiger partial charge in [-0.3, -0.25) is 14.2 Å². The van der Waals surface area contributed by atoms with Crippen molar-refractivity contribution in [2.75, 3.05) is 11.1 Å². The van der Waals surface area contributed by atoms with E-state index in [1.54, 1.807) is 40.6 Å². The van der Waals surface area contributed by atoms with Gasteiger partial charge in [-0.25, -0.2) is 4.98 Å². The monoisotopic (exact) mass is 471 g/mol. The number of benzene rings is 2. The van der Waals surface area contributed by atoms with E-state index in [2.05, 4.69) is 18.3 Å². The molecule has 3 aromatic rings. The van der Waals surface area contributed by atoms with Gasteiger partial charge in [0.15, 0.2) is 5.16 Å². The number of halogens is 1. The largest absolute Gasteiger partial charge is 0.325 e. The number of nitrogens with zero attached hydrogens (tertiary/aromatic N) is 2. The van der Waals surface area contributed by atoms with Gasteiger partial charge in [0.05, 0.1) is 22.0 Å². The van der Waals surface area contributed by atoms with Gasteiger partial charge in [-0.05, 0) is 55.3 Å². The lowest BCUT2D eigenvalue weighted by atomic mass is 10.1. The van der Waals surface area contributed by atoms with Crippen LogP contribution in [0.1, 0.15) is 23.7 Å². The predicted molar refractivity (Wildman–Crippen MR) is 129 cm³/mol. The molecule has 2 heterocycles. The molecule has 160 valence electrons. The highest BCUT2D eigenvalue weighted by molar-refractivity contribution is 8.00. The Morgan fingerprint density at radius 1 is 1.26 bits per heavy atom. The third kappa shape index (κ3) is 5.00. The van der Waals surface area contributed by atoms with Crippen LogP contribution < -0.4 is 10.9 Å². The van der Waals surface area contributed by atoms with Crippen molar-refractivity contribution < 1.29 is 4.79 Å². The molecule has 1 unspecified atom stereocenters. The molecule has 0 fully saturated rings. The smallest absolute Gasteiger partial charge is 0.272 e. The average Bonchev–Trinajstić information content (AvgIpc) is 3.06. The molecule has 1 aliphatic rings. The second kappa shape index (κ2) is 9.10. The van der Waals surface area contributed by atoms with Crippen LogP contribution in [0.15, 0.2) is 57.3 Å². The number of anilines is 1. The molecular formula is C23H22ClN3O2S2. The Balaban J connectivity index is 1.66. The predicted octanol–water partition coefficient (Wildman–Crippen LogP) is 5.27. The number of aromatic nitrogens is 2. The Bertz CT molecular complexity index is 1210. The second-order valence-corrected chi connectivity index (χ2v) is 10.5. The summed E-state index contributed by atoms with van der Waals surface area (Å²) in [6, 6.07) is 13.0. The van der Waals surface area contributed by atoms with E-state index < -0.39 is 0 Å². The zero-order chi connectivity index (χ0) is 22.1. The van der Waals surface area contributed by atoms with Crippen LogP contribution in [0, 0.1) is 13.8 Å². The Morgan fingerprint density at radius 2 is 2.00 bits per heavy atom. The maximum Gasteiger partial charge on any atom is 0.272 e. The normalized spacial score (nSPS) is 15.0. The summed E-state index contributed by atoms with van der Waals surface area (Å²) >= 11 is 8.83. The van der Waals surface area contributed by atoms with Crippen LogP contribution in [0.4, 0.5) is 5.69 Å². The lowest BCUT2D eigenvalue weighted by molar-refractivity contribution is -0.113. The van der Waals surface area contributed by atoms with Gasteiger partial charge in [-0.1, -0.05) is 42.4 Å². The number of aryl methyl sites for hydroxylation is 2. The maximum atomic E-state index is 13.4. The van der Waals surface area contributed by atoms with Crippen molar-refractivity contribution in [1.82, 2.24) is 9.55 Å². The molecule has 2 aromatic carbocycles. The summed E-state index contributed by atoms with van der Waals surface area (Å²) in [5, 5.41) is 4.24. The third-order valence-electron chi connectivity index (χ3n) is 4.79. The van der Waals surface area contributed by atoms with Crippen molar-refractivity contribution in [2.24, 2.45) is 0 Å². The van der Waals surface area contributed by atoms with E-state index in [0.29, 0.717) is 26.0 Å². The zero-order valence-corrected chi connectivity index (χ0v) is 19.8. The van der Waals surface area contributed by atoms with Crippen LogP contribution in [-0.2, 0) is 11.2 Å². The fourth-order valence-corrected chi connectivity index (χ4v) is 5.71. The number of rotatable bonds is 5. The minimum atomic E-state index is -0.184. The minimum absolute atomic E-state index is 0.0675. The van der Waals surface area contributed by atoms with Crippen molar-refractivity contribution in [3.05, 3.63) is 74.7 Å². The van der Waals surface area contributed by atoms with Crippen molar-refractivity contribution in [1.29, 1.82) is 0 Å². The number of amides is 1. The minimum Gasteiger partial charge on any atom is -0.325 e. The molecule has 1 aromatic heterocycles. The van der Waals surface area contributed by atoms with E-state index in [1.165, 1.54) is 11.8 Å². The van der Waals surface area contributed by atoms with Crippen molar-refractivity contribution in [2.45, 2.75) is 42.5 Å². The molecule has 0 spiro atoms. The maximum absolute atomic E-state index is 13.4. The molecule has 1 aliphatic heterocycles. The average molecular weight is 472 g/mol. The Hall–Kier alpha value is -2.22. The van der Waals surface area contributed by atoms with Crippen LogP contribution in [0.5, 0.6) is 0 Å². The summed E-state index contributed by atoms with van der Waals surface area (Å²) in [5.74, 6) is -0.0534. The lowest BCUT2D eigenvalue weighted by Crippen LogP contribution is -2.25. The van der Waals surface area contributed by atoms with E-state index in [1.807, 2.05) is 26.0 Å². The molecule has 5 nitrogen and oxygen atoms in total. The number of hydrogen-bond donors (Lipinski definition) is 1. The van der Waals surface area contributed by atoms with Crippen LogP contribution >= 0.6 is 35.1 Å². The molecule has 4 rings (SSSR count). The summed E-state index contributed by atoms with van der Waals surface area (Å²) in [6.07, 6.45) is 0.755. The van der Waals surface area contributed by atoms with Gasteiger partial charge in [0, 0.05) is 22.4 Å². The molecule has 0 radical (unpaired) electrons. The second-order valence-electron chi connectivity index (χ2n) is 7.64. The number of hydrogen-bond acceptors (Lipinski definition) is 5. The molecule has 0 bridgehead atoms. The van der Waals surface area contributed by atoms with E-state index >= 15 is 0 Å². The first-order valence-electron chi connectivity index (χ1n) is 9.89. The van der Waals surface area contributed by atoms with Gasteiger partial charge in [-0.15, -0.1) is 11.8 Å². The zero-order valence-electron chi connectivity index (χ0n) is 17.4. The molecule has 0 saturated carbocycles. The van der Waals surface area contributed by atoms with Gasteiger partial charge in [0.1, 0.15) is 0 Å². The van der Waals surface area contributed by atoms with E-state index in [0.717, 1.165) is 28.9 Å². The first kappa shape index (κ1) is 22.0. The van der Waals surface area contributed by atoms with Gasteiger partial charge in [0.2, 0.25) is 5.91 Å². The molecule has 1 N–H and O–H groups in total. The van der Waals surface area contributed by atoms with Gasteiger partial charge in [0.25, 0.3) is 5.56 Å². The first-order chi connectivity index (χ1) is 14.8. The fraction of sp³-hybridized carbons (Fsp3) is 0.261. The van der Waals surface area contributed by atoms with Crippen molar-refractivity contribution in [3.63, 3.8) is 0 Å². The third-order valence-corrected chi connectivity index (χ3v) is 7.18. The summed E-state index contributed by atoms with van der Waals surface area (Å²) in [6.45, 7) is 6.10. The van der Waals surface area contributed by atoms with E-state index in [4.69, 9.17) is 16.6 Å². The number of carbonyl (C=O) groups is 1. The van der Waals surface area contributed by atoms with Crippen LogP contribution in [0.3, 0.4) is 0 Å². The molecule has 1 amide bonds. The molecular weight excluding hydrogens is 450 g/mol. The fourth-order valence-electron chi connectivity index (χ4n) is 3.60. The SMILES string of the molecule is Cc1cc(C)cc(-n2c(SCC(=O)Nc3cccc(Cl)c3)nc3c(c2=O)SC(C)C3)c1. The molecule has 31 heavy (non-hydrogen) atoms. The van der Waals surface area contributed by atoms with E-state index in [-0.39, 0.29) is 17.2 Å². The molecule has 8 heteroatoms. The number of thioether (sulfide) groups is 2. The summed E-state index contributed by atoms with van der Waals surface area (Å²) in [4.78, 5) is 31.4. The highest BCUT2D eigenvalue weighted by atomic mass is 35.5. The molecule has 1 atom stereocenters. The van der Waals surface area contributed by atoms with Crippen LogP contribution in [0.25, 0.3) is 5.69 Å². The van der Waals surface area contributed by atoms with Crippen molar-refractivity contribution >= 4 is 46.7 Å². The highest BCUT2D eigenvalue weighted by Crippen LogP contribution is 2.35. The Morgan fingerprint density at radius 3 is 2.71 bits per heavy atom. The molecule has 0 saturated heterocycles. The summed E-state index contributed by atoms with van der Waals surface area (Å²) in [7, 11) is 0. The number of carbonyl (C=O) groups excluding carboxylic acids is 1. The quantitative estimate of drug-likeness (QED) is 0.405. The van der Waals surface area contributed by atoms with Gasteiger partial charge < -0.3 is 5.32 Å². The summed E-state index contributed by atoms with van der Waals surface area (Å²) < 4.78 is 1.64. The lowest BCUT2D eigenvalue weighted by Gasteiger charge is -2.15. The topological polar surface area (TPSA) is 64.0 Å². The van der Waals surface area contributed by atoms with Gasteiger partial charge in [-0.2, -0.15) is 0 Å². The van der Waals surface area contributed by atoms with Crippen molar-refractivity contribution in [3.8, 4) is 5.69 Å². The first-order valence-corrected chi connectivity index (χ1v) is 12.1. The Labute approximate surface area is 194 Å². The highest BCUT2D eigenvalue weighted by Gasteiger charge is 2.27. The van der Waals surface area contributed by atoms with Gasteiger partial charge >= 0.3 is 0 Å². The standard InChI is InChI=1S/C23H22ClN3O2S2/c1-13-7-14(2)9-18(8-13)27-22(29)21-19(10-15(3)31-21)26-23(27)30-12-20(28)25-17-6-4-5-16(24)11-17/h4-9,11,15H,10,12H2,1-3H3,(H,25,28). The number of fused-ring (bicyclic) bond motifs is 1. The van der Waals surface area contributed by atoms with Crippen LogP contribution in [-0.4, -0.2) is 26.5 Å². The number of nitrogens with one attached hydrogen (secondary N) is 1. The Kier molecular flexibility index (Phi) is 6.46. The van der Waals surface area contributed by atoms with E-state index in [9.17, 15) is 9.59 Å². The molecule has 0 aliphatic carbocycles. The van der Waals surface area contributed by atoms with Crippen LogP contribution in [0.2, 0.25) is 5.02 Å².